The fourth-order valence-corrected chi connectivity index (χ4v) is 2.49. The predicted octanol–water partition coefficient (Wildman–Crippen LogP) is 1.76. The van der Waals surface area contributed by atoms with Crippen molar-refractivity contribution in [2.45, 2.75) is 31.7 Å². The van der Waals surface area contributed by atoms with Crippen LogP contribution in [0.25, 0.3) is 0 Å². The lowest BCUT2D eigenvalue weighted by atomic mass is 10.0. The lowest BCUT2D eigenvalue weighted by molar-refractivity contribution is -0.145. The van der Waals surface area contributed by atoms with E-state index in [-0.39, 0.29) is 18.2 Å². The van der Waals surface area contributed by atoms with Gasteiger partial charge < -0.3 is 14.4 Å². The SMILES string of the molecule is COC[C@@H]1CN(C(=O)c2cnc(C(F)(F)F)nc2)CC(C)(C)O1. The van der Waals surface area contributed by atoms with Crippen LogP contribution < -0.4 is 0 Å². The Labute approximate surface area is 131 Å². The summed E-state index contributed by atoms with van der Waals surface area (Å²) in [6.07, 6.45) is -3.15. The van der Waals surface area contributed by atoms with Crippen LogP contribution in [0.3, 0.4) is 0 Å². The molecule has 1 aliphatic rings. The third-order valence-electron chi connectivity index (χ3n) is 3.27. The summed E-state index contributed by atoms with van der Waals surface area (Å²) in [7, 11) is 1.53. The average Bonchev–Trinajstić information content (AvgIpc) is 2.44. The van der Waals surface area contributed by atoms with Crippen molar-refractivity contribution in [2.75, 3.05) is 26.8 Å². The monoisotopic (exact) mass is 333 g/mol. The predicted molar refractivity (Wildman–Crippen MR) is 73.8 cm³/mol. The fraction of sp³-hybridized carbons (Fsp3) is 0.643. The molecule has 23 heavy (non-hydrogen) atoms. The number of carbonyl (C=O) groups is 1. The number of nitrogens with zero attached hydrogens (tertiary/aromatic N) is 3. The Hall–Kier alpha value is -1.74. The van der Waals surface area contributed by atoms with Crippen molar-refractivity contribution in [2.24, 2.45) is 0 Å². The van der Waals surface area contributed by atoms with E-state index in [2.05, 4.69) is 9.97 Å². The van der Waals surface area contributed by atoms with Gasteiger partial charge in [0.15, 0.2) is 0 Å². The molecule has 1 atom stereocenters. The van der Waals surface area contributed by atoms with E-state index in [1.165, 1.54) is 12.0 Å². The normalized spacial score (nSPS) is 21.3. The smallest absolute Gasteiger partial charge is 0.382 e. The van der Waals surface area contributed by atoms with Gasteiger partial charge in [0.1, 0.15) is 0 Å². The molecular formula is C14H18F3N3O3. The highest BCUT2D eigenvalue weighted by Crippen LogP contribution is 2.26. The summed E-state index contributed by atoms with van der Waals surface area (Å²) in [5.74, 6) is -1.70. The highest BCUT2D eigenvalue weighted by atomic mass is 19.4. The van der Waals surface area contributed by atoms with Crippen LogP contribution in [0.4, 0.5) is 13.2 Å². The maximum atomic E-state index is 12.5. The zero-order valence-electron chi connectivity index (χ0n) is 13.1. The third kappa shape index (κ3) is 4.38. The molecule has 9 heteroatoms. The first-order chi connectivity index (χ1) is 10.6. The molecule has 128 valence electrons. The standard InChI is InChI=1S/C14H18F3N3O3/c1-13(2)8-20(6-10(23-13)7-22-3)11(21)9-4-18-12(19-5-9)14(15,16)17/h4-5,10H,6-8H2,1-3H3/t10-/m0/s1. The van der Waals surface area contributed by atoms with Crippen molar-refractivity contribution in [1.82, 2.24) is 14.9 Å². The number of morpholine rings is 1. The molecule has 1 saturated heterocycles. The highest BCUT2D eigenvalue weighted by molar-refractivity contribution is 5.93. The second-order valence-electron chi connectivity index (χ2n) is 5.93. The Bertz CT molecular complexity index is 561. The van der Waals surface area contributed by atoms with E-state index in [1.807, 2.05) is 13.8 Å². The van der Waals surface area contributed by atoms with E-state index in [0.717, 1.165) is 12.4 Å². The number of carbonyl (C=O) groups excluding carboxylic acids is 1. The number of amides is 1. The van der Waals surface area contributed by atoms with Gasteiger partial charge in [-0.25, -0.2) is 9.97 Å². The molecule has 0 radical (unpaired) electrons. The van der Waals surface area contributed by atoms with Gasteiger partial charge >= 0.3 is 6.18 Å². The summed E-state index contributed by atoms with van der Waals surface area (Å²) in [6.45, 7) is 4.58. The zero-order valence-corrected chi connectivity index (χ0v) is 13.1. The van der Waals surface area contributed by atoms with Gasteiger partial charge in [-0.3, -0.25) is 4.79 Å². The van der Waals surface area contributed by atoms with Gasteiger partial charge in [0, 0.05) is 32.6 Å². The lowest BCUT2D eigenvalue weighted by Gasteiger charge is -2.42. The Morgan fingerprint density at radius 1 is 1.43 bits per heavy atom. The van der Waals surface area contributed by atoms with Crippen molar-refractivity contribution < 1.29 is 27.4 Å². The van der Waals surface area contributed by atoms with Crippen LogP contribution in [0, 0.1) is 0 Å². The fourth-order valence-electron chi connectivity index (χ4n) is 2.49. The molecule has 1 aliphatic heterocycles. The minimum Gasteiger partial charge on any atom is -0.382 e. The Kier molecular flexibility index (Phi) is 4.90. The summed E-state index contributed by atoms with van der Waals surface area (Å²) < 4.78 is 48.2. The number of hydrogen-bond donors (Lipinski definition) is 0. The molecular weight excluding hydrogens is 315 g/mol. The number of hydrogen-bond acceptors (Lipinski definition) is 5. The van der Waals surface area contributed by atoms with Crippen LogP contribution in [0.2, 0.25) is 0 Å². The average molecular weight is 333 g/mol. The minimum absolute atomic E-state index is 0.00636. The van der Waals surface area contributed by atoms with Crippen LogP contribution in [-0.2, 0) is 15.7 Å². The molecule has 0 saturated carbocycles. The first-order valence-corrected chi connectivity index (χ1v) is 6.97. The molecule has 2 rings (SSSR count). The van der Waals surface area contributed by atoms with Gasteiger partial charge in [-0.1, -0.05) is 0 Å². The van der Waals surface area contributed by atoms with Gasteiger partial charge in [0.05, 0.1) is 23.9 Å². The van der Waals surface area contributed by atoms with E-state index < -0.39 is 23.5 Å². The molecule has 0 aliphatic carbocycles. The maximum Gasteiger partial charge on any atom is 0.451 e. The van der Waals surface area contributed by atoms with E-state index in [9.17, 15) is 18.0 Å². The first-order valence-electron chi connectivity index (χ1n) is 6.97. The van der Waals surface area contributed by atoms with Gasteiger partial charge in [-0.05, 0) is 13.8 Å². The van der Waals surface area contributed by atoms with Gasteiger partial charge in [-0.15, -0.1) is 0 Å². The second-order valence-corrected chi connectivity index (χ2v) is 5.93. The molecule has 0 spiro atoms. The number of methoxy groups -OCH3 is 1. The molecule has 2 heterocycles. The van der Waals surface area contributed by atoms with Crippen molar-refractivity contribution in [3.05, 3.63) is 23.8 Å². The number of alkyl halides is 3. The summed E-state index contributed by atoms with van der Waals surface area (Å²) in [5.41, 5.74) is -0.573. The molecule has 0 bridgehead atoms. The minimum atomic E-state index is -4.63. The summed E-state index contributed by atoms with van der Waals surface area (Å²) in [5, 5.41) is 0. The van der Waals surface area contributed by atoms with Crippen LogP contribution in [0.1, 0.15) is 30.0 Å². The summed E-state index contributed by atoms with van der Waals surface area (Å²) >= 11 is 0. The third-order valence-corrected chi connectivity index (χ3v) is 3.27. The van der Waals surface area contributed by atoms with E-state index in [4.69, 9.17) is 9.47 Å². The first kappa shape index (κ1) is 17.6. The number of halogens is 3. The topological polar surface area (TPSA) is 64.5 Å². The summed E-state index contributed by atoms with van der Waals surface area (Å²) in [6, 6.07) is 0. The molecule has 1 amide bonds. The zero-order chi connectivity index (χ0) is 17.3. The molecule has 0 N–H and O–H groups in total. The van der Waals surface area contributed by atoms with Crippen LogP contribution in [-0.4, -0.2) is 59.3 Å². The van der Waals surface area contributed by atoms with Crippen molar-refractivity contribution >= 4 is 5.91 Å². The Morgan fingerprint density at radius 3 is 2.57 bits per heavy atom. The molecule has 0 aromatic carbocycles. The van der Waals surface area contributed by atoms with E-state index in [0.29, 0.717) is 13.2 Å². The number of rotatable bonds is 3. The largest absolute Gasteiger partial charge is 0.451 e. The van der Waals surface area contributed by atoms with Crippen LogP contribution in [0.5, 0.6) is 0 Å². The quantitative estimate of drug-likeness (QED) is 0.843. The highest BCUT2D eigenvalue weighted by Gasteiger charge is 2.37. The number of ether oxygens (including phenoxy) is 2. The van der Waals surface area contributed by atoms with Crippen LogP contribution >= 0.6 is 0 Å². The Balaban J connectivity index is 2.15. The van der Waals surface area contributed by atoms with Crippen molar-refractivity contribution in [1.29, 1.82) is 0 Å². The van der Waals surface area contributed by atoms with E-state index >= 15 is 0 Å². The molecule has 1 fully saturated rings. The maximum absolute atomic E-state index is 12.5. The van der Waals surface area contributed by atoms with Gasteiger partial charge in [0.2, 0.25) is 5.82 Å². The number of aromatic nitrogens is 2. The van der Waals surface area contributed by atoms with Crippen LogP contribution in [0.15, 0.2) is 12.4 Å². The van der Waals surface area contributed by atoms with Gasteiger partial charge in [0.25, 0.3) is 5.91 Å². The van der Waals surface area contributed by atoms with E-state index in [1.54, 1.807) is 0 Å². The Morgan fingerprint density at radius 2 is 2.04 bits per heavy atom. The van der Waals surface area contributed by atoms with Crippen molar-refractivity contribution in [3.63, 3.8) is 0 Å². The van der Waals surface area contributed by atoms with Gasteiger partial charge in [-0.2, -0.15) is 13.2 Å². The summed E-state index contributed by atoms with van der Waals surface area (Å²) in [4.78, 5) is 20.4. The molecule has 6 nitrogen and oxygen atoms in total. The molecule has 1 aromatic rings. The lowest BCUT2D eigenvalue weighted by Crippen LogP contribution is -2.55. The molecule has 1 aromatic heterocycles. The van der Waals surface area contributed by atoms with Crippen molar-refractivity contribution in [3.8, 4) is 0 Å². The molecule has 0 unspecified atom stereocenters. The second kappa shape index (κ2) is 6.40.